The highest BCUT2D eigenvalue weighted by Gasteiger charge is 2.41. The van der Waals surface area contributed by atoms with Gasteiger partial charge in [-0.3, -0.25) is 0 Å². The number of fused-ring (bicyclic) bond motifs is 2. The zero-order valence-electron chi connectivity index (χ0n) is 14.1. The van der Waals surface area contributed by atoms with E-state index in [0.29, 0.717) is 11.4 Å². The van der Waals surface area contributed by atoms with Crippen LogP contribution in [0.25, 0.3) is 0 Å². The van der Waals surface area contributed by atoms with Crippen LogP contribution in [0.2, 0.25) is 0 Å². The van der Waals surface area contributed by atoms with Crippen molar-refractivity contribution < 1.29 is 0 Å². The van der Waals surface area contributed by atoms with E-state index in [0.717, 1.165) is 18.8 Å². The van der Waals surface area contributed by atoms with Crippen molar-refractivity contribution in [1.29, 1.82) is 0 Å². The smallest absolute Gasteiger partial charge is 0.222 e. The van der Waals surface area contributed by atoms with E-state index in [9.17, 15) is 0 Å². The Kier molecular flexibility index (Phi) is 4.14. The number of hydrogen-bond donors (Lipinski definition) is 2. The van der Waals surface area contributed by atoms with Crippen molar-refractivity contribution in [1.82, 2.24) is 14.9 Å². The maximum absolute atomic E-state index is 6.05. The molecule has 0 atom stereocenters. The Balaban J connectivity index is 1.49. The van der Waals surface area contributed by atoms with Crippen LogP contribution in [0, 0.1) is 0 Å². The van der Waals surface area contributed by atoms with Gasteiger partial charge in [0, 0.05) is 17.5 Å². The number of aromatic nitrogens is 2. The summed E-state index contributed by atoms with van der Waals surface area (Å²) in [5.41, 5.74) is 8.99. The number of nitrogens with two attached hydrogens (primary N) is 1. The molecule has 1 saturated carbocycles. The van der Waals surface area contributed by atoms with Crippen LogP contribution in [-0.2, 0) is 11.8 Å². The summed E-state index contributed by atoms with van der Waals surface area (Å²) < 4.78 is 0. The lowest BCUT2D eigenvalue weighted by Crippen LogP contribution is -2.38. The van der Waals surface area contributed by atoms with Crippen molar-refractivity contribution in [3.8, 4) is 0 Å². The summed E-state index contributed by atoms with van der Waals surface area (Å²) in [6.45, 7) is 4.73. The molecule has 4 rings (SSSR count). The number of nitrogens with one attached hydrogen (secondary N) is 1. The van der Waals surface area contributed by atoms with Crippen molar-refractivity contribution in [2.45, 2.75) is 63.2 Å². The van der Waals surface area contributed by atoms with E-state index in [1.807, 2.05) is 0 Å². The fourth-order valence-corrected chi connectivity index (χ4v) is 4.70. The number of anilines is 2. The summed E-state index contributed by atoms with van der Waals surface area (Å²) in [6.07, 6.45) is 11.4. The van der Waals surface area contributed by atoms with Crippen molar-refractivity contribution in [3.05, 3.63) is 11.3 Å². The quantitative estimate of drug-likeness (QED) is 0.818. The van der Waals surface area contributed by atoms with E-state index in [1.54, 1.807) is 0 Å². The van der Waals surface area contributed by atoms with Gasteiger partial charge in [-0.15, -0.1) is 0 Å². The van der Waals surface area contributed by atoms with Crippen LogP contribution < -0.4 is 11.1 Å². The molecular weight excluding hydrogens is 286 g/mol. The molecule has 2 heterocycles. The molecule has 1 aliphatic heterocycles. The Morgan fingerprint density at radius 1 is 1.04 bits per heavy atom. The third kappa shape index (κ3) is 2.91. The second kappa shape index (κ2) is 6.27. The van der Waals surface area contributed by atoms with Gasteiger partial charge in [0.15, 0.2) is 0 Å². The average molecular weight is 315 g/mol. The predicted octanol–water partition coefficient (Wildman–Crippen LogP) is 2.71. The van der Waals surface area contributed by atoms with Crippen LogP contribution in [0.3, 0.4) is 0 Å². The summed E-state index contributed by atoms with van der Waals surface area (Å²) in [5.74, 6) is 1.46. The van der Waals surface area contributed by atoms with E-state index in [1.165, 1.54) is 82.3 Å². The maximum atomic E-state index is 6.05. The molecule has 23 heavy (non-hydrogen) atoms. The normalized spacial score (nSPS) is 22.8. The van der Waals surface area contributed by atoms with Crippen molar-refractivity contribution in [3.63, 3.8) is 0 Å². The molecule has 1 saturated heterocycles. The molecule has 5 nitrogen and oxygen atoms in total. The van der Waals surface area contributed by atoms with E-state index in [4.69, 9.17) is 10.7 Å². The van der Waals surface area contributed by atoms with Crippen molar-refractivity contribution in [2.24, 2.45) is 0 Å². The molecule has 3 aliphatic rings. The van der Waals surface area contributed by atoms with Gasteiger partial charge < -0.3 is 16.0 Å². The number of nitrogens with zero attached hydrogens (tertiary/aromatic N) is 3. The van der Waals surface area contributed by atoms with Crippen LogP contribution in [0.15, 0.2) is 0 Å². The largest absolute Gasteiger partial charge is 0.370 e. The third-order valence-electron chi connectivity index (χ3n) is 6.06. The molecule has 5 heteroatoms. The van der Waals surface area contributed by atoms with Gasteiger partial charge in [-0.1, -0.05) is 12.8 Å². The van der Waals surface area contributed by atoms with Gasteiger partial charge in [0.05, 0.1) is 5.69 Å². The predicted molar refractivity (Wildman–Crippen MR) is 93.7 cm³/mol. The first-order chi connectivity index (χ1) is 11.3. The van der Waals surface area contributed by atoms with Gasteiger partial charge in [-0.25, -0.2) is 4.98 Å². The lowest BCUT2D eigenvalue weighted by molar-refractivity contribution is 0.181. The van der Waals surface area contributed by atoms with E-state index in [-0.39, 0.29) is 0 Å². The first-order valence-electron chi connectivity index (χ1n) is 9.40. The Bertz CT molecular complexity index is 561. The highest BCUT2D eigenvalue weighted by atomic mass is 15.2. The molecule has 1 aromatic rings. The minimum absolute atomic E-state index is 0.304. The van der Waals surface area contributed by atoms with Crippen LogP contribution in [0.1, 0.15) is 62.6 Å². The second-order valence-electron chi connectivity index (χ2n) is 7.57. The lowest BCUT2D eigenvalue weighted by Gasteiger charge is -2.35. The fraction of sp³-hybridized carbons (Fsp3) is 0.778. The zero-order chi connectivity index (χ0) is 15.7. The molecule has 3 N–H and O–H groups in total. The monoisotopic (exact) mass is 315 g/mol. The molecule has 0 unspecified atom stereocenters. The van der Waals surface area contributed by atoms with Crippen LogP contribution in [0.4, 0.5) is 11.8 Å². The Hall–Kier alpha value is -1.36. The topological polar surface area (TPSA) is 67.1 Å². The summed E-state index contributed by atoms with van der Waals surface area (Å²) >= 11 is 0. The number of rotatable bonds is 5. The number of hydrogen-bond acceptors (Lipinski definition) is 5. The first kappa shape index (κ1) is 15.2. The molecule has 2 fully saturated rings. The van der Waals surface area contributed by atoms with Gasteiger partial charge >= 0.3 is 0 Å². The minimum atomic E-state index is 0.304. The number of nitrogen functional groups attached to an aromatic ring is 1. The Labute approximate surface area is 139 Å². The summed E-state index contributed by atoms with van der Waals surface area (Å²) in [5, 5.41) is 3.57. The minimum Gasteiger partial charge on any atom is -0.370 e. The van der Waals surface area contributed by atoms with Gasteiger partial charge in [0.25, 0.3) is 0 Å². The van der Waals surface area contributed by atoms with Gasteiger partial charge in [-0.05, 0) is 64.6 Å². The molecule has 1 spiro atoms. The average Bonchev–Trinajstić information content (AvgIpc) is 2.95. The molecule has 1 aromatic heterocycles. The van der Waals surface area contributed by atoms with E-state index in [2.05, 4.69) is 15.2 Å². The van der Waals surface area contributed by atoms with Crippen LogP contribution in [0.5, 0.6) is 0 Å². The molecule has 0 amide bonds. The Morgan fingerprint density at radius 3 is 2.57 bits per heavy atom. The third-order valence-corrected chi connectivity index (χ3v) is 6.06. The summed E-state index contributed by atoms with van der Waals surface area (Å²) in [6, 6.07) is 0. The fourth-order valence-electron chi connectivity index (χ4n) is 4.70. The van der Waals surface area contributed by atoms with Crippen LogP contribution >= 0.6 is 0 Å². The zero-order valence-corrected chi connectivity index (χ0v) is 14.1. The van der Waals surface area contributed by atoms with E-state index >= 15 is 0 Å². The highest BCUT2D eigenvalue weighted by Crippen LogP contribution is 2.49. The molecule has 0 aromatic carbocycles. The van der Waals surface area contributed by atoms with E-state index < -0.39 is 0 Å². The second-order valence-corrected chi connectivity index (χ2v) is 7.57. The van der Waals surface area contributed by atoms with Gasteiger partial charge in [0.1, 0.15) is 5.82 Å². The van der Waals surface area contributed by atoms with Gasteiger partial charge in [0.2, 0.25) is 5.95 Å². The molecular formula is C18H29N5. The Morgan fingerprint density at radius 2 is 1.83 bits per heavy atom. The SMILES string of the molecule is Nc1nc(NCCCN2CCC2)c2c(n1)C1(CCCC1)CCC2. The molecule has 0 bridgehead atoms. The number of likely N-dealkylation sites (tertiary alicyclic amines) is 1. The van der Waals surface area contributed by atoms with Crippen LogP contribution in [-0.4, -0.2) is 41.0 Å². The first-order valence-corrected chi connectivity index (χ1v) is 9.40. The molecule has 126 valence electrons. The lowest BCUT2D eigenvalue weighted by atomic mass is 9.72. The van der Waals surface area contributed by atoms with Gasteiger partial charge in [-0.2, -0.15) is 4.98 Å². The highest BCUT2D eigenvalue weighted by molar-refractivity contribution is 5.53. The summed E-state index contributed by atoms with van der Waals surface area (Å²) in [4.78, 5) is 11.8. The van der Waals surface area contributed by atoms with Crippen molar-refractivity contribution >= 4 is 11.8 Å². The summed E-state index contributed by atoms with van der Waals surface area (Å²) in [7, 11) is 0. The molecule has 2 aliphatic carbocycles. The standard InChI is InChI=1S/C18H29N5/c19-17-21-15-14(6-3-9-18(15)7-1-2-8-18)16(22-17)20-10-4-11-23-12-5-13-23/h1-13H2,(H3,19,20,21,22). The maximum Gasteiger partial charge on any atom is 0.222 e. The van der Waals surface area contributed by atoms with Crippen molar-refractivity contribution in [2.75, 3.05) is 37.2 Å². The molecule has 0 radical (unpaired) electrons.